The zero-order valence-corrected chi connectivity index (χ0v) is 12.7. The SMILES string of the molecule is Cc1nn(-c2ccc(F)cc2)c(Cl)c1/C=N/N1CC(=O)NC1=O. The van der Waals surface area contributed by atoms with Gasteiger partial charge in [-0.05, 0) is 31.2 Å². The molecule has 1 aliphatic rings. The minimum Gasteiger partial charge on any atom is -0.275 e. The van der Waals surface area contributed by atoms with Crippen LogP contribution < -0.4 is 5.32 Å². The molecule has 1 saturated heterocycles. The number of aromatic nitrogens is 2. The first-order chi connectivity index (χ1) is 11.0. The molecule has 0 atom stereocenters. The number of hydrazone groups is 1. The number of amides is 3. The second kappa shape index (κ2) is 5.81. The maximum absolute atomic E-state index is 13.0. The lowest BCUT2D eigenvalue weighted by Gasteiger charge is -2.04. The molecular formula is C14H11ClFN5O2. The van der Waals surface area contributed by atoms with Gasteiger partial charge in [0.1, 0.15) is 17.5 Å². The molecule has 3 rings (SSSR count). The van der Waals surface area contributed by atoms with Crippen molar-refractivity contribution >= 4 is 29.8 Å². The second-order valence-corrected chi connectivity index (χ2v) is 5.19. The van der Waals surface area contributed by atoms with Crippen molar-refractivity contribution in [2.24, 2.45) is 5.10 Å². The Hall–Kier alpha value is -2.74. The van der Waals surface area contributed by atoms with Crippen LogP contribution in [0.25, 0.3) is 5.69 Å². The Morgan fingerprint density at radius 1 is 1.35 bits per heavy atom. The van der Waals surface area contributed by atoms with Crippen molar-refractivity contribution in [1.29, 1.82) is 0 Å². The fourth-order valence-corrected chi connectivity index (χ4v) is 2.38. The van der Waals surface area contributed by atoms with Gasteiger partial charge in [-0.25, -0.2) is 18.9 Å². The summed E-state index contributed by atoms with van der Waals surface area (Å²) in [4.78, 5) is 22.5. The third-order valence-electron chi connectivity index (χ3n) is 3.22. The Morgan fingerprint density at radius 2 is 2.04 bits per heavy atom. The predicted octanol–water partition coefficient (Wildman–Crippen LogP) is 1.86. The molecule has 7 nitrogen and oxygen atoms in total. The highest BCUT2D eigenvalue weighted by molar-refractivity contribution is 6.32. The molecule has 2 heterocycles. The third kappa shape index (κ3) is 2.93. The molecule has 0 saturated carbocycles. The first-order valence-electron chi connectivity index (χ1n) is 6.62. The topological polar surface area (TPSA) is 79.6 Å². The number of halogens is 2. The van der Waals surface area contributed by atoms with Crippen LogP contribution in [0.2, 0.25) is 5.15 Å². The van der Waals surface area contributed by atoms with Gasteiger partial charge in [-0.15, -0.1) is 0 Å². The summed E-state index contributed by atoms with van der Waals surface area (Å²) in [6.45, 7) is 1.58. The zero-order valence-electron chi connectivity index (χ0n) is 12.0. The fraction of sp³-hybridized carbons (Fsp3) is 0.143. The predicted molar refractivity (Wildman–Crippen MR) is 81.1 cm³/mol. The maximum atomic E-state index is 13.0. The van der Waals surface area contributed by atoms with Gasteiger partial charge >= 0.3 is 6.03 Å². The minimum absolute atomic E-state index is 0.141. The molecule has 1 aromatic heterocycles. The molecule has 118 valence electrons. The molecule has 3 amide bonds. The average molecular weight is 336 g/mol. The van der Waals surface area contributed by atoms with Gasteiger partial charge in [0.25, 0.3) is 0 Å². The average Bonchev–Trinajstić information content (AvgIpc) is 2.97. The Kier molecular flexibility index (Phi) is 3.83. The van der Waals surface area contributed by atoms with Crippen molar-refractivity contribution in [3.63, 3.8) is 0 Å². The summed E-state index contributed by atoms with van der Waals surface area (Å²) in [6, 6.07) is 5.10. The lowest BCUT2D eigenvalue weighted by atomic mass is 10.3. The van der Waals surface area contributed by atoms with E-state index in [9.17, 15) is 14.0 Å². The number of aryl methyl sites for hydroxylation is 1. The van der Waals surface area contributed by atoms with Crippen LogP contribution in [0.15, 0.2) is 29.4 Å². The quantitative estimate of drug-likeness (QED) is 0.686. The highest BCUT2D eigenvalue weighted by Crippen LogP contribution is 2.22. The molecule has 0 unspecified atom stereocenters. The van der Waals surface area contributed by atoms with Crippen LogP contribution in [0.5, 0.6) is 0 Å². The summed E-state index contributed by atoms with van der Waals surface area (Å²) in [7, 11) is 0. The number of rotatable bonds is 3. The van der Waals surface area contributed by atoms with Gasteiger partial charge in [-0.3, -0.25) is 10.1 Å². The van der Waals surface area contributed by atoms with Gasteiger partial charge in [0, 0.05) is 0 Å². The molecule has 9 heteroatoms. The Morgan fingerprint density at radius 3 is 2.65 bits per heavy atom. The highest BCUT2D eigenvalue weighted by Gasteiger charge is 2.26. The van der Waals surface area contributed by atoms with Gasteiger partial charge < -0.3 is 0 Å². The van der Waals surface area contributed by atoms with E-state index in [1.165, 1.54) is 23.0 Å². The van der Waals surface area contributed by atoms with Gasteiger partial charge in [0.2, 0.25) is 5.91 Å². The molecule has 1 aliphatic heterocycles. The van der Waals surface area contributed by atoms with Crippen molar-refractivity contribution in [3.8, 4) is 5.69 Å². The molecule has 0 radical (unpaired) electrons. The first-order valence-corrected chi connectivity index (χ1v) is 7.00. The van der Waals surface area contributed by atoms with E-state index in [1.807, 2.05) is 0 Å². The molecule has 1 N–H and O–H groups in total. The Balaban J connectivity index is 1.90. The van der Waals surface area contributed by atoms with Crippen molar-refractivity contribution in [2.75, 3.05) is 6.54 Å². The Bertz CT molecular complexity index is 815. The molecule has 1 aromatic carbocycles. The Labute approximate surface area is 135 Å². The van der Waals surface area contributed by atoms with E-state index in [0.29, 0.717) is 16.9 Å². The lowest BCUT2D eigenvalue weighted by molar-refractivity contribution is -0.118. The van der Waals surface area contributed by atoms with Crippen LogP contribution in [-0.4, -0.2) is 39.5 Å². The normalized spacial score (nSPS) is 14.8. The highest BCUT2D eigenvalue weighted by atomic mass is 35.5. The number of nitrogens with zero attached hydrogens (tertiary/aromatic N) is 4. The van der Waals surface area contributed by atoms with Crippen LogP contribution in [0.3, 0.4) is 0 Å². The smallest absolute Gasteiger partial charge is 0.275 e. The fourth-order valence-electron chi connectivity index (χ4n) is 2.06. The largest absolute Gasteiger partial charge is 0.344 e. The van der Waals surface area contributed by atoms with E-state index in [4.69, 9.17) is 11.6 Å². The number of carbonyl (C=O) groups excluding carboxylic acids is 2. The van der Waals surface area contributed by atoms with Crippen LogP contribution in [0.4, 0.5) is 9.18 Å². The second-order valence-electron chi connectivity index (χ2n) is 4.83. The summed E-state index contributed by atoms with van der Waals surface area (Å²) < 4.78 is 14.4. The molecule has 0 spiro atoms. The van der Waals surface area contributed by atoms with E-state index in [-0.39, 0.29) is 17.5 Å². The van der Waals surface area contributed by atoms with Crippen LogP contribution in [0, 0.1) is 12.7 Å². The minimum atomic E-state index is -0.592. The van der Waals surface area contributed by atoms with E-state index < -0.39 is 11.9 Å². The molecular weight excluding hydrogens is 325 g/mol. The third-order valence-corrected chi connectivity index (χ3v) is 3.58. The zero-order chi connectivity index (χ0) is 16.6. The van der Waals surface area contributed by atoms with Crippen LogP contribution >= 0.6 is 11.6 Å². The van der Waals surface area contributed by atoms with Gasteiger partial charge in [0.15, 0.2) is 0 Å². The van der Waals surface area contributed by atoms with Gasteiger partial charge in [0.05, 0.1) is 23.2 Å². The monoisotopic (exact) mass is 335 g/mol. The van der Waals surface area contributed by atoms with E-state index in [1.54, 1.807) is 19.1 Å². The lowest BCUT2D eigenvalue weighted by Crippen LogP contribution is -2.24. The number of carbonyl (C=O) groups is 2. The maximum Gasteiger partial charge on any atom is 0.344 e. The first kappa shape index (κ1) is 15.2. The van der Waals surface area contributed by atoms with Crippen molar-refractivity contribution in [1.82, 2.24) is 20.1 Å². The standard InChI is InChI=1S/C14H11ClFN5O2/c1-8-11(6-17-20-7-12(22)18-14(20)23)13(15)21(19-8)10-4-2-9(16)3-5-10/h2-6H,7H2,1H3,(H,18,22,23)/b17-6+. The number of nitrogens with one attached hydrogen (secondary N) is 1. The van der Waals surface area contributed by atoms with E-state index in [2.05, 4.69) is 15.5 Å². The number of hydrogen-bond acceptors (Lipinski definition) is 4. The van der Waals surface area contributed by atoms with E-state index in [0.717, 1.165) is 5.01 Å². The van der Waals surface area contributed by atoms with Crippen molar-refractivity contribution in [3.05, 3.63) is 46.5 Å². The number of hydrogen-bond donors (Lipinski definition) is 1. The summed E-state index contributed by atoms with van der Waals surface area (Å²) >= 11 is 6.28. The van der Waals surface area contributed by atoms with Crippen molar-refractivity contribution in [2.45, 2.75) is 6.92 Å². The summed E-state index contributed by atoms with van der Waals surface area (Å²) in [5.74, 6) is -0.780. The van der Waals surface area contributed by atoms with Crippen LogP contribution in [0.1, 0.15) is 11.3 Å². The number of urea groups is 1. The van der Waals surface area contributed by atoms with Crippen molar-refractivity contribution < 1.29 is 14.0 Å². The summed E-state index contributed by atoms with van der Waals surface area (Å²) in [5, 5.41) is 11.6. The molecule has 0 bridgehead atoms. The number of imide groups is 1. The number of benzene rings is 1. The molecule has 0 aliphatic carbocycles. The summed E-state index contributed by atoms with van der Waals surface area (Å²) in [5.41, 5.74) is 1.67. The molecule has 23 heavy (non-hydrogen) atoms. The van der Waals surface area contributed by atoms with Crippen LogP contribution in [-0.2, 0) is 4.79 Å². The summed E-state index contributed by atoms with van der Waals surface area (Å²) in [6.07, 6.45) is 1.36. The van der Waals surface area contributed by atoms with E-state index >= 15 is 0 Å². The van der Waals surface area contributed by atoms with Gasteiger partial charge in [-0.2, -0.15) is 10.2 Å². The van der Waals surface area contributed by atoms with Gasteiger partial charge in [-0.1, -0.05) is 11.6 Å². The molecule has 2 aromatic rings. The molecule has 1 fully saturated rings.